The first-order valence-electron chi connectivity index (χ1n) is 7.99. The molecule has 2 aromatic carbocycles. The number of aliphatic imine (C=N–C) groups is 1. The summed E-state index contributed by atoms with van der Waals surface area (Å²) >= 11 is 0. The highest BCUT2D eigenvalue weighted by atomic mass is 16.1. The lowest BCUT2D eigenvalue weighted by atomic mass is 10.1. The summed E-state index contributed by atoms with van der Waals surface area (Å²) < 4.78 is 1.52. The molecule has 0 aliphatic carbocycles. The molecule has 1 N–H and O–H groups in total. The summed E-state index contributed by atoms with van der Waals surface area (Å²) in [7, 11) is 0. The summed E-state index contributed by atoms with van der Waals surface area (Å²) in [5.74, 6) is 0.0121. The number of carbonyl (C=O) groups excluding carboxylic acids is 1. The molecule has 0 amide bonds. The Kier molecular flexibility index (Phi) is 4.48. The summed E-state index contributed by atoms with van der Waals surface area (Å²) in [6, 6.07) is 14.7. The molecule has 5 nitrogen and oxygen atoms in total. The van der Waals surface area contributed by atoms with Gasteiger partial charge in [0.1, 0.15) is 0 Å². The monoisotopic (exact) mass is 333 g/mol. The molecule has 3 rings (SSSR count). The molecular weight excluding hydrogens is 314 g/mol. The van der Waals surface area contributed by atoms with Crippen LogP contribution in [-0.2, 0) is 0 Å². The van der Waals surface area contributed by atoms with Crippen LogP contribution in [0.3, 0.4) is 0 Å². The van der Waals surface area contributed by atoms with E-state index >= 15 is 0 Å². The second kappa shape index (κ2) is 6.73. The van der Waals surface area contributed by atoms with Gasteiger partial charge < -0.3 is 0 Å². The summed E-state index contributed by atoms with van der Waals surface area (Å²) in [5.41, 5.74) is 4.31. The number of benzene rings is 2. The minimum atomic E-state index is -0.146. The molecule has 0 aliphatic heterocycles. The van der Waals surface area contributed by atoms with Crippen molar-refractivity contribution in [3.05, 3.63) is 81.3 Å². The smallest absolute Gasteiger partial charge is 0.280 e. The lowest BCUT2D eigenvalue weighted by Gasteiger charge is -2.02. The van der Waals surface area contributed by atoms with Crippen LogP contribution in [0.4, 0.5) is 5.69 Å². The minimum Gasteiger partial charge on any atom is -0.295 e. The van der Waals surface area contributed by atoms with Gasteiger partial charge in [-0.25, -0.2) is 4.68 Å². The predicted molar refractivity (Wildman–Crippen MR) is 99.6 cm³/mol. The van der Waals surface area contributed by atoms with Crippen LogP contribution in [0.2, 0.25) is 0 Å². The molecule has 1 aromatic heterocycles. The second-order valence-electron chi connectivity index (χ2n) is 5.99. The van der Waals surface area contributed by atoms with E-state index in [0.29, 0.717) is 16.8 Å². The van der Waals surface area contributed by atoms with E-state index in [0.717, 1.165) is 16.9 Å². The van der Waals surface area contributed by atoms with Gasteiger partial charge in [-0.3, -0.25) is 19.7 Å². The molecule has 0 aliphatic rings. The van der Waals surface area contributed by atoms with Crippen molar-refractivity contribution in [2.45, 2.75) is 20.8 Å². The Balaban J connectivity index is 1.93. The topological polar surface area (TPSA) is 67.2 Å². The van der Waals surface area contributed by atoms with Crippen LogP contribution in [0.15, 0.2) is 58.3 Å². The van der Waals surface area contributed by atoms with E-state index in [2.05, 4.69) is 10.1 Å². The molecule has 25 heavy (non-hydrogen) atoms. The third-order valence-electron chi connectivity index (χ3n) is 3.99. The summed E-state index contributed by atoms with van der Waals surface area (Å²) in [6.45, 7) is 5.35. The Bertz CT molecular complexity index is 1010. The van der Waals surface area contributed by atoms with Crippen molar-refractivity contribution in [2.24, 2.45) is 4.99 Å². The molecular formula is C20H19N3O2. The average molecular weight is 333 g/mol. The fraction of sp³-hybridized carbons (Fsp3) is 0.150. The van der Waals surface area contributed by atoms with Gasteiger partial charge in [0.2, 0.25) is 0 Å². The molecule has 0 fully saturated rings. The first kappa shape index (κ1) is 16.6. The molecule has 0 bridgehead atoms. The number of ketones is 1. The van der Waals surface area contributed by atoms with Crippen LogP contribution in [-0.4, -0.2) is 21.8 Å². The van der Waals surface area contributed by atoms with Crippen LogP contribution in [0, 0.1) is 13.8 Å². The van der Waals surface area contributed by atoms with E-state index in [9.17, 15) is 9.59 Å². The van der Waals surface area contributed by atoms with Gasteiger partial charge >= 0.3 is 0 Å². The fourth-order valence-electron chi connectivity index (χ4n) is 2.58. The van der Waals surface area contributed by atoms with E-state index in [1.807, 2.05) is 38.1 Å². The van der Waals surface area contributed by atoms with Gasteiger partial charge in [0.15, 0.2) is 5.78 Å². The highest BCUT2D eigenvalue weighted by Crippen LogP contribution is 2.14. The molecule has 126 valence electrons. The van der Waals surface area contributed by atoms with Crippen LogP contribution in [0.1, 0.15) is 34.1 Å². The standard InChI is InChI=1S/C20H19N3O2/c1-13-5-4-6-18(11-13)23-20(25)19(14(2)22-23)12-21-17-9-7-16(8-10-17)15(3)24/h4-12,22H,1-3H3. The number of hydrogen-bond donors (Lipinski definition) is 1. The molecule has 0 saturated carbocycles. The number of nitrogens with one attached hydrogen (secondary N) is 1. The normalized spacial score (nSPS) is 11.2. The van der Waals surface area contributed by atoms with Crippen molar-refractivity contribution in [3.8, 4) is 5.69 Å². The molecule has 0 unspecified atom stereocenters. The first-order chi connectivity index (χ1) is 12.0. The zero-order valence-corrected chi connectivity index (χ0v) is 14.4. The van der Waals surface area contributed by atoms with E-state index < -0.39 is 0 Å². The third-order valence-corrected chi connectivity index (χ3v) is 3.99. The van der Waals surface area contributed by atoms with Crippen molar-refractivity contribution in [2.75, 3.05) is 0 Å². The summed E-state index contributed by atoms with van der Waals surface area (Å²) in [5, 5.41) is 3.09. The minimum absolute atomic E-state index is 0.0121. The lowest BCUT2D eigenvalue weighted by Crippen LogP contribution is -2.17. The second-order valence-corrected chi connectivity index (χ2v) is 5.99. The number of rotatable bonds is 4. The van der Waals surface area contributed by atoms with Gasteiger partial charge in [-0.1, -0.05) is 12.1 Å². The van der Waals surface area contributed by atoms with E-state index in [1.165, 1.54) is 11.6 Å². The van der Waals surface area contributed by atoms with Crippen LogP contribution in [0.25, 0.3) is 5.69 Å². The quantitative estimate of drug-likeness (QED) is 0.584. The number of aromatic amines is 1. The molecule has 0 spiro atoms. The van der Waals surface area contributed by atoms with E-state index in [1.54, 1.807) is 30.5 Å². The molecule has 5 heteroatoms. The highest BCUT2D eigenvalue weighted by molar-refractivity contribution is 5.94. The van der Waals surface area contributed by atoms with Crippen LogP contribution < -0.4 is 5.56 Å². The Morgan fingerprint density at radius 2 is 1.84 bits per heavy atom. The van der Waals surface area contributed by atoms with Crippen molar-refractivity contribution in [1.82, 2.24) is 9.78 Å². The third kappa shape index (κ3) is 3.50. The SMILES string of the molecule is CC(=O)c1ccc(N=Cc2c(C)[nH]n(-c3cccc(C)c3)c2=O)cc1. The molecule has 0 radical (unpaired) electrons. The Morgan fingerprint density at radius 1 is 1.12 bits per heavy atom. The van der Waals surface area contributed by atoms with Crippen molar-refractivity contribution in [1.29, 1.82) is 0 Å². The van der Waals surface area contributed by atoms with Crippen LogP contribution in [0.5, 0.6) is 0 Å². The lowest BCUT2D eigenvalue weighted by molar-refractivity contribution is 0.101. The maximum Gasteiger partial charge on any atom is 0.280 e. The number of H-pyrrole nitrogens is 1. The van der Waals surface area contributed by atoms with Gasteiger partial charge in [-0.15, -0.1) is 0 Å². The molecule has 0 saturated heterocycles. The number of aryl methyl sites for hydroxylation is 2. The summed E-state index contributed by atoms with van der Waals surface area (Å²) in [6.07, 6.45) is 1.56. The highest BCUT2D eigenvalue weighted by Gasteiger charge is 2.10. The number of nitrogens with zero attached hydrogens (tertiary/aromatic N) is 2. The fourth-order valence-corrected chi connectivity index (χ4v) is 2.58. The molecule has 0 atom stereocenters. The maximum atomic E-state index is 12.7. The zero-order chi connectivity index (χ0) is 18.0. The number of Topliss-reactive ketones (excluding diaryl/α,β-unsaturated/α-hetero) is 1. The number of aromatic nitrogens is 2. The van der Waals surface area contributed by atoms with Gasteiger partial charge in [-0.05, 0) is 62.7 Å². The maximum absolute atomic E-state index is 12.7. The Morgan fingerprint density at radius 3 is 2.48 bits per heavy atom. The van der Waals surface area contributed by atoms with Crippen molar-refractivity contribution >= 4 is 17.7 Å². The van der Waals surface area contributed by atoms with Crippen molar-refractivity contribution < 1.29 is 4.79 Å². The zero-order valence-electron chi connectivity index (χ0n) is 14.4. The Labute approximate surface area is 145 Å². The Hall–Kier alpha value is -3.21. The van der Waals surface area contributed by atoms with Gasteiger partial charge in [-0.2, -0.15) is 0 Å². The largest absolute Gasteiger partial charge is 0.295 e. The number of hydrogen-bond acceptors (Lipinski definition) is 3. The van der Waals surface area contributed by atoms with Crippen molar-refractivity contribution in [3.63, 3.8) is 0 Å². The summed E-state index contributed by atoms with van der Waals surface area (Å²) in [4.78, 5) is 28.3. The molecule has 1 heterocycles. The van der Waals surface area contributed by atoms with E-state index in [-0.39, 0.29) is 11.3 Å². The molecule has 3 aromatic rings. The first-order valence-corrected chi connectivity index (χ1v) is 7.99. The van der Waals surface area contributed by atoms with Gasteiger partial charge in [0.05, 0.1) is 16.9 Å². The van der Waals surface area contributed by atoms with Crippen LogP contribution >= 0.6 is 0 Å². The van der Waals surface area contributed by atoms with E-state index in [4.69, 9.17) is 0 Å². The predicted octanol–water partition coefficient (Wildman–Crippen LogP) is 3.74. The number of carbonyl (C=O) groups is 1. The van der Waals surface area contributed by atoms with Gasteiger partial charge in [0, 0.05) is 17.5 Å². The average Bonchev–Trinajstić information content (AvgIpc) is 2.88. The van der Waals surface area contributed by atoms with Gasteiger partial charge in [0.25, 0.3) is 5.56 Å².